The lowest BCUT2D eigenvalue weighted by atomic mass is 9.84. The van der Waals surface area contributed by atoms with Gasteiger partial charge in [0.2, 0.25) is 17.7 Å². The summed E-state index contributed by atoms with van der Waals surface area (Å²) < 4.78 is 5.36. The number of aliphatic hydroxyl groups excluding tert-OH is 1. The Balaban J connectivity index is 1.41. The van der Waals surface area contributed by atoms with Crippen LogP contribution in [0.3, 0.4) is 0 Å². The van der Waals surface area contributed by atoms with Gasteiger partial charge >= 0.3 is 0 Å². The number of aliphatic hydroxyl groups is 1. The van der Waals surface area contributed by atoms with E-state index in [1.54, 1.807) is 11.3 Å². The molecule has 38 heavy (non-hydrogen) atoms. The Morgan fingerprint density at radius 1 is 1.16 bits per heavy atom. The van der Waals surface area contributed by atoms with Crippen LogP contribution in [0, 0.1) is 18.3 Å². The molecule has 3 heterocycles. The van der Waals surface area contributed by atoms with Gasteiger partial charge in [0.1, 0.15) is 12.1 Å². The highest BCUT2D eigenvalue weighted by Gasteiger charge is 2.44. The highest BCUT2D eigenvalue weighted by molar-refractivity contribution is 7.13. The zero-order valence-corrected chi connectivity index (χ0v) is 23.3. The van der Waals surface area contributed by atoms with Crippen LogP contribution in [0.25, 0.3) is 10.4 Å². The molecule has 2 aliphatic rings. The zero-order chi connectivity index (χ0) is 27.4. The number of β-amino-alcohol motifs (C(OH)–C–C–N with tert-alkyl or cyclic N) is 1. The van der Waals surface area contributed by atoms with E-state index < -0.39 is 23.6 Å². The largest absolute Gasteiger partial charge is 0.391 e. The molecule has 4 rings (SSSR count). The molecule has 9 nitrogen and oxygen atoms in total. The molecule has 0 aliphatic carbocycles. The number of carbonyl (C=O) groups excluding carboxylic acids is 3. The van der Waals surface area contributed by atoms with Gasteiger partial charge in [-0.2, -0.15) is 0 Å². The van der Waals surface area contributed by atoms with Gasteiger partial charge in [-0.15, -0.1) is 11.3 Å². The van der Waals surface area contributed by atoms with Crippen molar-refractivity contribution in [3.63, 3.8) is 0 Å². The Labute approximate surface area is 228 Å². The number of aryl methyl sites for hydroxylation is 1. The van der Waals surface area contributed by atoms with Crippen molar-refractivity contribution in [1.82, 2.24) is 20.5 Å². The molecule has 0 saturated carbocycles. The van der Waals surface area contributed by atoms with Crippen LogP contribution in [-0.4, -0.2) is 70.7 Å². The summed E-state index contributed by atoms with van der Waals surface area (Å²) in [5.41, 5.74) is 4.23. The second kappa shape index (κ2) is 11.9. The van der Waals surface area contributed by atoms with E-state index in [0.29, 0.717) is 32.6 Å². The molecule has 0 unspecified atom stereocenters. The van der Waals surface area contributed by atoms with Gasteiger partial charge in [-0.1, -0.05) is 45.0 Å². The lowest BCUT2D eigenvalue weighted by molar-refractivity contribution is -0.145. The van der Waals surface area contributed by atoms with Crippen LogP contribution >= 0.6 is 11.3 Å². The van der Waals surface area contributed by atoms with Crippen LogP contribution in [0.4, 0.5) is 0 Å². The summed E-state index contributed by atoms with van der Waals surface area (Å²) in [5, 5.41) is 16.3. The van der Waals surface area contributed by atoms with E-state index in [1.165, 1.54) is 4.90 Å². The minimum atomic E-state index is -0.818. The van der Waals surface area contributed by atoms with E-state index >= 15 is 0 Å². The summed E-state index contributed by atoms with van der Waals surface area (Å²) in [6.45, 7) is 9.05. The molecular formula is C28H38N4O5S. The number of hydrogen-bond acceptors (Lipinski definition) is 7. The SMILES string of the molecule is Cc1ncsc1-c1ccc(CNC(=O)[C@H]2C[C@@H](O)CN2C(=O)[C@@H](NC(=O)C2CCOCC2)C(C)(C)C)cc1. The number of likely N-dealkylation sites (tertiary alicyclic amines) is 1. The molecule has 10 heteroatoms. The first kappa shape index (κ1) is 28.2. The van der Waals surface area contributed by atoms with Crippen molar-refractivity contribution in [3.8, 4) is 10.4 Å². The highest BCUT2D eigenvalue weighted by atomic mass is 32.1. The number of aromatic nitrogens is 1. The number of benzene rings is 1. The summed E-state index contributed by atoms with van der Waals surface area (Å²) >= 11 is 1.59. The van der Waals surface area contributed by atoms with Crippen molar-refractivity contribution in [2.75, 3.05) is 19.8 Å². The van der Waals surface area contributed by atoms with Gasteiger partial charge < -0.3 is 25.4 Å². The van der Waals surface area contributed by atoms with Gasteiger partial charge in [0.25, 0.3) is 0 Å². The summed E-state index contributed by atoms with van der Waals surface area (Å²) in [7, 11) is 0. The number of carbonyl (C=O) groups is 3. The molecule has 3 atom stereocenters. The van der Waals surface area contributed by atoms with E-state index in [0.717, 1.165) is 21.7 Å². The van der Waals surface area contributed by atoms with Crippen molar-refractivity contribution in [1.29, 1.82) is 0 Å². The molecule has 2 aliphatic heterocycles. The maximum Gasteiger partial charge on any atom is 0.246 e. The molecule has 2 saturated heterocycles. The third kappa shape index (κ3) is 6.59. The Kier molecular flexibility index (Phi) is 8.85. The van der Waals surface area contributed by atoms with E-state index in [2.05, 4.69) is 15.6 Å². The molecule has 0 radical (unpaired) electrons. The number of nitrogens with zero attached hydrogens (tertiary/aromatic N) is 2. The fourth-order valence-electron chi connectivity index (χ4n) is 5.00. The van der Waals surface area contributed by atoms with Gasteiger partial charge in [0.15, 0.2) is 0 Å². The minimum absolute atomic E-state index is 0.0551. The van der Waals surface area contributed by atoms with Gasteiger partial charge in [-0.05, 0) is 36.3 Å². The molecule has 1 aromatic carbocycles. The molecule has 2 aromatic rings. The van der Waals surface area contributed by atoms with Crippen molar-refractivity contribution in [2.24, 2.45) is 11.3 Å². The zero-order valence-electron chi connectivity index (χ0n) is 22.5. The van der Waals surface area contributed by atoms with Crippen LogP contribution in [0.15, 0.2) is 29.8 Å². The van der Waals surface area contributed by atoms with Crippen molar-refractivity contribution < 1.29 is 24.2 Å². The van der Waals surface area contributed by atoms with Crippen LogP contribution in [0.2, 0.25) is 0 Å². The molecule has 3 N–H and O–H groups in total. The first-order valence-electron chi connectivity index (χ1n) is 13.2. The van der Waals surface area contributed by atoms with E-state index in [9.17, 15) is 19.5 Å². The molecule has 3 amide bonds. The molecule has 0 spiro atoms. The Bertz CT molecular complexity index is 1140. The average Bonchev–Trinajstić information content (AvgIpc) is 3.50. The third-order valence-electron chi connectivity index (χ3n) is 7.28. The maximum absolute atomic E-state index is 13.7. The standard InChI is InChI=1S/C28H38N4O5S/c1-17-23(38-16-30-17)19-7-5-18(6-8-19)14-29-26(35)22-13-21(33)15-32(22)27(36)24(28(2,3)4)31-25(34)20-9-11-37-12-10-20/h5-8,16,20-22,24,33H,9-15H2,1-4H3,(H,29,35)(H,31,34)/t21-,22-,24-/m1/s1. The number of hydrogen-bond donors (Lipinski definition) is 3. The van der Waals surface area contributed by atoms with Crippen LogP contribution in [0.5, 0.6) is 0 Å². The lowest BCUT2D eigenvalue weighted by Gasteiger charge is -2.36. The quantitative estimate of drug-likeness (QED) is 0.495. The fourth-order valence-corrected chi connectivity index (χ4v) is 5.81. The minimum Gasteiger partial charge on any atom is -0.391 e. The smallest absolute Gasteiger partial charge is 0.246 e. The first-order valence-corrected chi connectivity index (χ1v) is 14.1. The lowest BCUT2D eigenvalue weighted by Crippen LogP contribution is -2.58. The van der Waals surface area contributed by atoms with Crippen LogP contribution in [0.1, 0.15) is 51.3 Å². The van der Waals surface area contributed by atoms with Crippen molar-refractivity contribution >= 4 is 29.1 Å². The Morgan fingerprint density at radius 2 is 1.84 bits per heavy atom. The average molecular weight is 543 g/mol. The number of thiazole rings is 1. The predicted molar refractivity (Wildman–Crippen MR) is 145 cm³/mol. The Morgan fingerprint density at radius 3 is 2.45 bits per heavy atom. The summed E-state index contributed by atoms with van der Waals surface area (Å²) in [6.07, 6.45) is 0.597. The van der Waals surface area contributed by atoms with Gasteiger partial charge in [-0.3, -0.25) is 14.4 Å². The summed E-state index contributed by atoms with van der Waals surface area (Å²) in [6, 6.07) is 6.31. The third-order valence-corrected chi connectivity index (χ3v) is 8.26. The highest BCUT2D eigenvalue weighted by Crippen LogP contribution is 2.28. The first-order chi connectivity index (χ1) is 18.0. The molecule has 0 bridgehead atoms. The summed E-state index contributed by atoms with van der Waals surface area (Å²) in [5.74, 6) is -1.03. The van der Waals surface area contributed by atoms with Gasteiger partial charge in [0.05, 0.1) is 22.2 Å². The Hall–Kier alpha value is -2.82. The van der Waals surface area contributed by atoms with E-state index in [1.807, 2.05) is 57.5 Å². The van der Waals surface area contributed by atoms with Crippen molar-refractivity contribution in [3.05, 3.63) is 41.0 Å². The van der Waals surface area contributed by atoms with Crippen LogP contribution in [-0.2, 0) is 25.7 Å². The number of ether oxygens (including phenoxy) is 1. The second-order valence-corrected chi connectivity index (χ2v) is 12.1. The van der Waals surface area contributed by atoms with Crippen molar-refractivity contribution in [2.45, 2.75) is 71.7 Å². The fraction of sp³-hybridized carbons (Fsp3) is 0.571. The summed E-state index contributed by atoms with van der Waals surface area (Å²) in [4.78, 5) is 46.7. The number of rotatable bonds is 7. The topological polar surface area (TPSA) is 121 Å². The molecule has 1 aromatic heterocycles. The molecule has 206 valence electrons. The normalized spacial score (nSPS) is 21.2. The van der Waals surface area contributed by atoms with E-state index in [4.69, 9.17) is 4.74 Å². The van der Waals surface area contributed by atoms with Gasteiger partial charge in [-0.25, -0.2) is 4.98 Å². The van der Waals surface area contributed by atoms with Gasteiger partial charge in [0, 0.05) is 38.6 Å². The van der Waals surface area contributed by atoms with Crippen LogP contribution < -0.4 is 10.6 Å². The predicted octanol–water partition coefficient (Wildman–Crippen LogP) is 2.65. The maximum atomic E-state index is 13.7. The molecular weight excluding hydrogens is 504 g/mol. The van der Waals surface area contributed by atoms with E-state index in [-0.39, 0.29) is 36.6 Å². The number of nitrogens with one attached hydrogen (secondary N) is 2. The molecule has 2 fully saturated rings. The second-order valence-electron chi connectivity index (χ2n) is 11.3. The number of amides is 3. The monoisotopic (exact) mass is 542 g/mol.